The molecule has 2 aromatic carbocycles. The molecule has 9 heteroatoms. The van der Waals surface area contributed by atoms with Crippen molar-refractivity contribution in [2.24, 2.45) is 0 Å². The number of piperidine rings is 1. The van der Waals surface area contributed by atoms with Crippen molar-refractivity contribution in [3.63, 3.8) is 0 Å². The molecule has 146 valence electrons. The molecule has 1 saturated heterocycles. The molecule has 1 aliphatic rings. The van der Waals surface area contributed by atoms with Gasteiger partial charge in [-0.15, -0.1) is 0 Å². The molecular weight excluding hydrogens is 449 g/mol. The summed E-state index contributed by atoms with van der Waals surface area (Å²) in [5.74, 6) is 0.243. The molecule has 1 aliphatic heterocycles. The number of benzene rings is 2. The highest BCUT2D eigenvalue weighted by Crippen LogP contribution is 2.31. The van der Waals surface area contributed by atoms with Crippen molar-refractivity contribution in [3.05, 3.63) is 64.7 Å². The van der Waals surface area contributed by atoms with Crippen LogP contribution >= 0.6 is 15.9 Å². The number of hydrogen-bond acceptors (Lipinski definition) is 5. The van der Waals surface area contributed by atoms with Gasteiger partial charge in [0.05, 0.1) is 10.8 Å². The van der Waals surface area contributed by atoms with Crippen molar-refractivity contribution in [2.75, 3.05) is 13.1 Å². The summed E-state index contributed by atoms with van der Waals surface area (Å²) in [6.07, 6.45) is 1.46. The Morgan fingerprint density at radius 3 is 2.54 bits per heavy atom. The number of halogens is 2. The van der Waals surface area contributed by atoms with Gasteiger partial charge in [0, 0.05) is 23.1 Å². The lowest BCUT2D eigenvalue weighted by molar-refractivity contribution is 0.265. The number of nitrogens with zero attached hydrogens (tertiary/aromatic N) is 3. The van der Waals surface area contributed by atoms with E-state index in [1.54, 1.807) is 36.4 Å². The lowest BCUT2D eigenvalue weighted by atomic mass is 10.00. The molecule has 0 saturated carbocycles. The van der Waals surface area contributed by atoms with Crippen LogP contribution in [0.15, 0.2) is 62.4 Å². The van der Waals surface area contributed by atoms with E-state index in [1.807, 2.05) is 0 Å². The number of rotatable bonds is 4. The molecule has 0 bridgehead atoms. The Balaban J connectivity index is 1.54. The van der Waals surface area contributed by atoms with E-state index in [1.165, 1.54) is 16.4 Å². The molecule has 0 aliphatic carbocycles. The van der Waals surface area contributed by atoms with Crippen LogP contribution in [0, 0.1) is 5.82 Å². The predicted octanol–water partition coefficient (Wildman–Crippen LogP) is 4.21. The smallest absolute Gasteiger partial charge is 0.243 e. The van der Waals surface area contributed by atoms with E-state index in [0.29, 0.717) is 30.2 Å². The van der Waals surface area contributed by atoms with Gasteiger partial charge in [-0.25, -0.2) is 12.8 Å². The molecular formula is C19H17BrFN3O3S. The van der Waals surface area contributed by atoms with E-state index in [-0.39, 0.29) is 23.2 Å². The molecule has 3 aromatic rings. The molecule has 1 aromatic heterocycles. The van der Waals surface area contributed by atoms with E-state index < -0.39 is 10.0 Å². The van der Waals surface area contributed by atoms with Gasteiger partial charge in [0.1, 0.15) is 5.82 Å². The fourth-order valence-electron chi connectivity index (χ4n) is 3.24. The zero-order valence-corrected chi connectivity index (χ0v) is 17.2. The molecule has 0 spiro atoms. The molecule has 6 nitrogen and oxygen atoms in total. The Morgan fingerprint density at radius 2 is 1.82 bits per heavy atom. The second-order valence-corrected chi connectivity index (χ2v) is 9.47. The van der Waals surface area contributed by atoms with Crippen molar-refractivity contribution in [3.8, 4) is 11.4 Å². The Labute approximate surface area is 170 Å². The normalized spacial score (nSPS) is 18.3. The van der Waals surface area contributed by atoms with Gasteiger partial charge in [0.2, 0.25) is 21.7 Å². The zero-order chi connectivity index (χ0) is 19.7. The first-order chi connectivity index (χ1) is 13.4. The summed E-state index contributed by atoms with van der Waals surface area (Å²) < 4.78 is 46.6. The highest BCUT2D eigenvalue weighted by atomic mass is 79.9. The molecule has 2 heterocycles. The third-order valence-electron chi connectivity index (χ3n) is 4.73. The Morgan fingerprint density at radius 1 is 1.11 bits per heavy atom. The second-order valence-electron chi connectivity index (χ2n) is 6.62. The molecule has 1 fully saturated rings. The maximum atomic E-state index is 13.1. The Kier molecular flexibility index (Phi) is 5.31. The van der Waals surface area contributed by atoms with Crippen LogP contribution < -0.4 is 0 Å². The minimum atomic E-state index is -3.59. The quantitative estimate of drug-likeness (QED) is 0.576. The van der Waals surface area contributed by atoms with Gasteiger partial charge in [-0.1, -0.05) is 21.1 Å². The average molecular weight is 466 g/mol. The topological polar surface area (TPSA) is 76.3 Å². The zero-order valence-electron chi connectivity index (χ0n) is 14.8. The fourth-order valence-corrected chi connectivity index (χ4v) is 5.02. The van der Waals surface area contributed by atoms with Crippen LogP contribution in [0.5, 0.6) is 0 Å². The molecule has 0 radical (unpaired) electrons. The summed E-state index contributed by atoms with van der Waals surface area (Å²) in [5.41, 5.74) is 0.645. The first kappa shape index (κ1) is 19.2. The van der Waals surface area contributed by atoms with Crippen LogP contribution in [0.4, 0.5) is 4.39 Å². The van der Waals surface area contributed by atoms with Gasteiger partial charge in [-0.2, -0.15) is 9.29 Å². The third kappa shape index (κ3) is 3.87. The number of aromatic nitrogens is 2. The Hall–Kier alpha value is -2.10. The Bertz CT molecular complexity index is 1070. The molecule has 0 unspecified atom stereocenters. The molecule has 0 N–H and O–H groups in total. The molecule has 4 rings (SSSR count). The summed E-state index contributed by atoms with van der Waals surface area (Å²) in [5, 5.41) is 3.96. The molecule has 28 heavy (non-hydrogen) atoms. The third-order valence-corrected chi connectivity index (χ3v) is 7.14. The van der Waals surface area contributed by atoms with Crippen molar-refractivity contribution in [1.82, 2.24) is 14.4 Å². The number of hydrogen-bond donors (Lipinski definition) is 0. The van der Waals surface area contributed by atoms with Crippen LogP contribution in [0.25, 0.3) is 11.4 Å². The maximum Gasteiger partial charge on any atom is 0.243 e. The van der Waals surface area contributed by atoms with E-state index in [2.05, 4.69) is 26.1 Å². The first-order valence-electron chi connectivity index (χ1n) is 8.79. The standard InChI is InChI=1S/C19H17BrFN3O3S/c20-15-5-9-17(10-6-15)28(25,26)24-11-1-2-14(12-24)19-22-18(23-27-19)13-3-7-16(21)8-4-13/h3-10,14H,1-2,11-12H2/t14-/m1/s1. The van der Waals surface area contributed by atoms with Gasteiger partial charge < -0.3 is 4.52 Å². The van der Waals surface area contributed by atoms with Crippen LogP contribution in [-0.4, -0.2) is 36.0 Å². The number of sulfonamides is 1. The van der Waals surface area contributed by atoms with E-state index >= 15 is 0 Å². The van der Waals surface area contributed by atoms with Crippen LogP contribution in [0.3, 0.4) is 0 Å². The van der Waals surface area contributed by atoms with Crippen LogP contribution in [0.2, 0.25) is 0 Å². The predicted molar refractivity (Wildman–Crippen MR) is 105 cm³/mol. The van der Waals surface area contributed by atoms with Crippen molar-refractivity contribution in [1.29, 1.82) is 0 Å². The lowest BCUT2D eigenvalue weighted by Crippen LogP contribution is -2.39. The highest BCUT2D eigenvalue weighted by Gasteiger charge is 2.33. The van der Waals surface area contributed by atoms with E-state index in [0.717, 1.165) is 10.9 Å². The second kappa shape index (κ2) is 7.73. The van der Waals surface area contributed by atoms with Crippen molar-refractivity contribution in [2.45, 2.75) is 23.7 Å². The summed E-state index contributed by atoms with van der Waals surface area (Å²) in [6, 6.07) is 12.4. The highest BCUT2D eigenvalue weighted by molar-refractivity contribution is 9.10. The summed E-state index contributed by atoms with van der Waals surface area (Å²) in [6.45, 7) is 0.733. The maximum absolute atomic E-state index is 13.1. The van der Waals surface area contributed by atoms with Gasteiger partial charge >= 0.3 is 0 Å². The first-order valence-corrected chi connectivity index (χ1v) is 11.0. The summed E-state index contributed by atoms with van der Waals surface area (Å²) in [4.78, 5) is 4.66. The van der Waals surface area contributed by atoms with E-state index in [9.17, 15) is 12.8 Å². The fraction of sp³-hybridized carbons (Fsp3) is 0.263. The van der Waals surface area contributed by atoms with Gasteiger partial charge in [0.25, 0.3) is 0 Å². The summed E-state index contributed by atoms with van der Waals surface area (Å²) in [7, 11) is -3.59. The van der Waals surface area contributed by atoms with Gasteiger partial charge in [-0.05, 0) is 61.4 Å². The van der Waals surface area contributed by atoms with E-state index in [4.69, 9.17) is 4.52 Å². The SMILES string of the molecule is O=S(=O)(c1ccc(Br)cc1)N1CCC[C@@H](c2nc(-c3ccc(F)cc3)no2)C1. The molecule has 0 amide bonds. The van der Waals surface area contributed by atoms with Crippen molar-refractivity contribution >= 4 is 26.0 Å². The van der Waals surface area contributed by atoms with Crippen LogP contribution in [-0.2, 0) is 10.0 Å². The monoisotopic (exact) mass is 465 g/mol. The van der Waals surface area contributed by atoms with Crippen LogP contribution in [0.1, 0.15) is 24.7 Å². The minimum absolute atomic E-state index is 0.180. The average Bonchev–Trinajstić information content (AvgIpc) is 3.19. The largest absolute Gasteiger partial charge is 0.339 e. The lowest BCUT2D eigenvalue weighted by Gasteiger charge is -2.30. The summed E-state index contributed by atoms with van der Waals surface area (Å²) >= 11 is 3.32. The molecule has 1 atom stereocenters. The minimum Gasteiger partial charge on any atom is -0.339 e. The van der Waals surface area contributed by atoms with Gasteiger partial charge in [0.15, 0.2) is 0 Å². The van der Waals surface area contributed by atoms with Gasteiger partial charge in [-0.3, -0.25) is 0 Å². The van der Waals surface area contributed by atoms with Crippen molar-refractivity contribution < 1.29 is 17.3 Å².